The Balaban J connectivity index is 1.64. The largest absolute Gasteiger partial charge is 0.496 e. The van der Waals surface area contributed by atoms with Crippen molar-refractivity contribution in [2.75, 3.05) is 13.7 Å². The van der Waals surface area contributed by atoms with Crippen LogP contribution in [0.3, 0.4) is 0 Å². The zero-order valence-corrected chi connectivity index (χ0v) is 15.3. The summed E-state index contributed by atoms with van der Waals surface area (Å²) < 4.78 is 11.2. The van der Waals surface area contributed by atoms with Crippen molar-refractivity contribution in [3.63, 3.8) is 0 Å². The van der Waals surface area contributed by atoms with E-state index >= 15 is 0 Å². The third kappa shape index (κ3) is 3.28. The lowest BCUT2D eigenvalue weighted by Gasteiger charge is -2.38. The van der Waals surface area contributed by atoms with E-state index in [0.717, 1.165) is 24.8 Å². The molecule has 6 nitrogen and oxygen atoms in total. The lowest BCUT2D eigenvalue weighted by molar-refractivity contribution is 0.0557. The first kappa shape index (κ1) is 17.5. The molecule has 0 radical (unpaired) electrons. The number of aromatic nitrogens is 1. The minimum Gasteiger partial charge on any atom is -0.496 e. The second-order valence-electron chi connectivity index (χ2n) is 6.81. The van der Waals surface area contributed by atoms with Gasteiger partial charge in [-0.25, -0.2) is 4.98 Å². The summed E-state index contributed by atoms with van der Waals surface area (Å²) in [6.45, 7) is 0.662. The Labute approximate surface area is 157 Å². The predicted molar refractivity (Wildman–Crippen MR) is 103 cm³/mol. The molecule has 2 unspecified atom stereocenters. The Hall–Kier alpha value is -2.86. The summed E-state index contributed by atoms with van der Waals surface area (Å²) in [5.41, 5.74) is 8.57. The molecule has 2 aromatic carbocycles. The minimum absolute atomic E-state index is 0.0660. The third-order valence-corrected chi connectivity index (χ3v) is 5.16. The van der Waals surface area contributed by atoms with Crippen molar-refractivity contribution in [3.8, 4) is 5.75 Å². The van der Waals surface area contributed by atoms with Gasteiger partial charge in [0.1, 0.15) is 17.3 Å². The molecule has 1 saturated heterocycles. The second-order valence-corrected chi connectivity index (χ2v) is 6.81. The van der Waals surface area contributed by atoms with Crippen LogP contribution in [0, 0.1) is 0 Å². The van der Waals surface area contributed by atoms with E-state index in [1.807, 2.05) is 41.3 Å². The fourth-order valence-corrected chi connectivity index (χ4v) is 3.76. The summed E-state index contributed by atoms with van der Waals surface area (Å²) in [6, 6.07) is 14.2. The molecule has 140 valence electrons. The van der Waals surface area contributed by atoms with E-state index in [-0.39, 0.29) is 11.9 Å². The van der Waals surface area contributed by atoms with E-state index in [1.165, 1.54) is 0 Å². The number of benzene rings is 2. The van der Waals surface area contributed by atoms with Crippen LogP contribution in [-0.2, 0) is 0 Å². The Morgan fingerprint density at radius 2 is 2.00 bits per heavy atom. The number of para-hydroxylation sites is 3. The van der Waals surface area contributed by atoms with Crippen LogP contribution in [0.15, 0.2) is 52.9 Å². The summed E-state index contributed by atoms with van der Waals surface area (Å²) in [5.74, 6) is 0.979. The first-order valence-electron chi connectivity index (χ1n) is 9.24. The number of nitrogens with two attached hydrogens (primary N) is 1. The lowest BCUT2D eigenvalue weighted by atomic mass is 9.94. The average molecular weight is 365 g/mol. The van der Waals surface area contributed by atoms with Gasteiger partial charge < -0.3 is 19.8 Å². The molecular weight excluding hydrogens is 342 g/mol. The number of carbonyl (C=O) groups is 1. The van der Waals surface area contributed by atoms with Crippen molar-refractivity contribution >= 4 is 17.0 Å². The number of hydrogen-bond donors (Lipinski definition) is 1. The number of nitrogens with zero attached hydrogens (tertiary/aromatic N) is 2. The number of likely N-dealkylation sites (tertiary alicyclic amines) is 1. The van der Waals surface area contributed by atoms with E-state index in [2.05, 4.69) is 4.98 Å². The topological polar surface area (TPSA) is 81.6 Å². The van der Waals surface area contributed by atoms with Gasteiger partial charge in [-0.3, -0.25) is 4.79 Å². The molecule has 2 heterocycles. The SMILES string of the molecule is COc1ccccc1C(=O)N1CCCCC1C(N)c1nc2ccccc2o1. The fourth-order valence-electron chi connectivity index (χ4n) is 3.76. The molecule has 4 rings (SSSR count). The predicted octanol–water partition coefficient (Wildman–Crippen LogP) is 3.53. The average Bonchev–Trinajstić information content (AvgIpc) is 3.17. The maximum absolute atomic E-state index is 13.2. The quantitative estimate of drug-likeness (QED) is 0.765. The van der Waals surface area contributed by atoms with Gasteiger partial charge >= 0.3 is 0 Å². The molecule has 1 aliphatic heterocycles. The fraction of sp³-hybridized carbons (Fsp3) is 0.333. The summed E-state index contributed by atoms with van der Waals surface area (Å²) in [6.07, 6.45) is 2.80. The van der Waals surface area contributed by atoms with Crippen LogP contribution < -0.4 is 10.5 Å². The van der Waals surface area contributed by atoms with Gasteiger partial charge in [-0.1, -0.05) is 24.3 Å². The van der Waals surface area contributed by atoms with Gasteiger partial charge in [0.25, 0.3) is 5.91 Å². The van der Waals surface area contributed by atoms with E-state index in [4.69, 9.17) is 14.9 Å². The van der Waals surface area contributed by atoms with Crippen LogP contribution in [-0.4, -0.2) is 35.5 Å². The number of ether oxygens (including phenoxy) is 1. The monoisotopic (exact) mass is 365 g/mol. The number of methoxy groups -OCH3 is 1. The molecule has 0 saturated carbocycles. The Morgan fingerprint density at radius 1 is 1.22 bits per heavy atom. The highest BCUT2D eigenvalue weighted by Gasteiger charge is 2.35. The molecule has 1 fully saturated rings. The van der Waals surface area contributed by atoms with Gasteiger partial charge in [0.05, 0.1) is 18.7 Å². The minimum atomic E-state index is -0.476. The Bertz CT molecular complexity index is 920. The second kappa shape index (κ2) is 7.40. The zero-order chi connectivity index (χ0) is 18.8. The van der Waals surface area contributed by atoms with Crippen molar-refractivity contribution in [2.45, 2.75) is 31.3 Å². The molecule has 1 aromatic heterocycles. The number of carbonyl (C=O) groups excluding carboxylic acids is 1. The number of rotatable bonds is 4. The van der Waals surface area contributed by atoms with Crippen molar-refractivity contribution in [1.29, 1.82) is 0 Å². The number of amides is 1. The van der Waals surface area contributed by atoms with Crippen molar-refractivity contribution in [3.05, 3.63) is 60.0 Å². The highest BCUT2D eigenvalue weighted by molar-refractivity contribution is 5.97. The van der Waals surface area contributed by atoms with Gasteiger partial charge in [-0.15, -0.1) is 0 Å². The van der Waals surface area contributed by atoms with Gasteiger partial charge in [0.15, 0.2) is 5.58 Å². The van der Waals surface area contributed by atoms with Crippen LogP contribution in [0.2, 0.25) is 0 Å². The smallest absolute Gasteiger partial charge is 0.257 e. The number of hydrogen-bond acceptors (Lipinski definition) is 5. The van der Waals surface area contributed by atoms with Crippen LogP contribution in [0.1, 0.15) is 41.6 Å². The molecule has 2 N–H and O–H groups in total. The van der Waals surface area contributed by atoms with Gasteiger partial charge in [-0.2, -0.15) is 0 Å². The normalized spacial score (nSPS) is 18.4. The molecule has 1 amide bonds. The molecule has 1 aliphatic rings. The standard InChI is InChI=1S/C21H23N3O3/c1-26-17-11-4-2-8-14(17)21(25)24-13-7-6-10-16(24)19(22)20-23-15-9-3-5-12-18(15)27-20/h2-5,8-9,11-12,16,19H,6-7,10,13,22H2,1H3. The molecule has 6 heteroatoms. The van der Waals surface area contributed by atoms with Crippen LogP contribution in [0.25, 0.3) is 11.1 Å². The summed E-state index contributed by atoms with van der Waals surface area (Å²) >= 11 is 0. The maximum Gasteiger partial charge on any atom is 0.257 e. The number of fused-ring (bicyclic) bond motifs is 1. The molecule has 0 spiro atoms. The van der Waals surface area contributed by atoms with Crippen molar-refractivity contribution in [2.24, 2.45) is 5.73 Å². The van der Waals surface area contributed by atoms with E-state index in [0.29, 0.717) is 29.3 Å². The summed E-state index contributed by atoms with van der Waals surface area (Å²) in [7, 11) is 1.57. The highest BCUT2D eigenvalue weighted by Crippen LogP contribution is 2.31. The van der Waals surface area contributed by atoms with Crippen LogP contribution in [0.5, 0.6) is 5.75 Å². The van der Waals surface area contributed by atoms with Gasteiger partial charge in [0, 0.05) is 6.54 Å². The summed E-state index contributed by atoms with van der Waals surface area (Å²) in [4.78, 5) is 19.6. The Kier molecular flexibility index (Phi) is 4.81. The van der Waals surface area contributed by atoms with Crippen molar-refractivity contribution < 1.29 is 13.9 Å². The van der Waals surface area contributed by atoms with Gasteiger partial charge in [0.2, 0.25) is 5.89 Å². The highest BCUT2D eigenvalue weighted by atomic mass is 16.5. The molecular formula is C21H23N3O3. The van der Waals surface area contributed by atoms with E-state index in [1.54, 1.807) is 19.2 Å². The van der Waals surface area contributed by atoms with Crippen molar-refractivity contribution in [1.82, 2.24) is 9.88 Å². The van der Waals surface area contributed by atoms with Gasteiger partial charge in [-0.05, 0) is 43.5 Å². The third-order valence-electron chi connectivity index (χ3n) is 5.16. The first-order chi connectivity index (χ1) is 13.2. The number of piperidine rings is 1. The van der Waals surface area contributed by atoms with Crippen LogP contribution >= 0.6 is 0 Å². The lowest BCUT2D eigenvalue weighted by Crippen LogP contribution is -2.49. The van der Waals surface area contributed by atoms with Crippen LogP contribution in [0.4, 0.5) is 0 Å². The molecule has 0 aliphatic carbocycles. The molecule has 2 atom stereocenters. The number of oxazole rings is 1. The zero-order valence-electron chi connectivity index (χ0n) is 15.3. The molecule has 0 bridgehead atoms. The molecule has 27 heavy (non-hydrogen) atoms. The maximum atomic E-state index is 13.2. The Morgan fingerprint density at radius 3 is 2.81 bits per heavy atom. The van der Waals surface area contributed by atoms with E-state index < -0.39 is 6.04 Å². The molecule has 3 aromatic rings. The van der Waals surface area contributed by atoms with E-state index in [9.17, 15) is 4.79 Å². The first-order valence-corrected chi connectivity index (χ1v) is 9.24. The summed E-state index contributed by atoms with van der Waals surface area (Å²) in [5, 5.41) is 0.